The molecule has 0 bridgehead atoms. The van der Waals surface area contributed by atoms with Crippen LogP contribution in [-0.4, -0.2) is 28.5 Å². The Hall–Kier alpha value is -2.12. The van der Waals surface area contributed by atoms with Crippen molar-refractivity contribution < 1.29 is 9.53 Å². The molecule has 3 aromatic rings. The lowest BCUT2D eigenvalue weighted by Crippen LogP contribution is -2.30. The zero-order chi connectivity index (χ0) is 16.2. The van der Waals surface area contributed by atoms with Gasteiger partial charge in [-0.25, -0.2) is 0 Å². The summed E-state index contributed by atoms with van der Waals surface area (Å²) in [6.07, 6.45) is 1.28. The Morgan fingerprint density at radius 1 is 1.22 bits per heavy atom. The van der Waals surface area contributed by atoms with Crippen molar-refractivity contribution >= 4 is 44.9 Å². The van der Waals surface area contributed by atoms with Crippen LogP contribution in [0.5, 0.6) is 5.75 Å². The Bertz CT molecular complexity index is 830. The van der Waals surface area contributed by atoms with E-state index in [4.69, 9.17) is 4.74 Å². The Morgan fingerprint density at radius 3 is 2.78 bits per heavy atom. The number of carbonyl (C=O) groups excluding carboxylic acids is 1. The predicted octanol–water partition coefficient (Wildman–Crippen LogP) is 3.82. The van der Waals surface area contributed by atoms with Gasteiger partial charge in [0.2, 0.25) is 5.13 Å². The Morgan fingerprint density at radius 2 is 2.00 bits per heavy atom. The lowest BCUT2D eigenvalue weighted by molar-refractivity contribution is -0.122. The Kier molecular flexibility index (Phi) is 4.78. The third-order valence-electron chi connectivity index (χ3n) is 3.23. The maximum Gasteiger partial charge on any atom is 0.266 e. The molecule has 1 amide bonds. The van der Waals surface area contributed by atoms with Crippen LogP contribution >= 0.6 is 23.1 Å². The van der Waals surface area contributed by atoms with E-state index in [0.717, 1.165) is 15.1 Å². The highest BCUT2D eigenvalue weighted by Crippen LogP contribution is 2.27. The number of fused-ring (bicyclic) bond motifs is 1. The molecule has 1 aromatic heterocycles. The number of anilines is 1. The number of hydrogen-bond acceptors (Lipinski definition) is 6. The molecular formula is C16H15N3O2S2. The van der Waals surface area contributed by atoms with Crippen LogP contribution < -0.4 is 10.1 Å². The molecule has 0 saturated heterocycles. The van der Waals surface area contributed by atoms with E-state index in [2.05, 4.69) is 15.5 Å². The number of nitrogens with one attached hydrogen (secondary N) is 1. The molecule has 118 valence electrons. The first-order valence-electron chi connectivity index (χ1n) is 7.00. The standard InChI is InChI=1S/C16H15N3O2S2/c1-10(14(20)17-15-18-19-16(22-2)23-15)21-13-9-5-7-11-6-3-4-8-12(11)13/h3-10H,1-2H3,(H,17,18,20)/t10-/m1/s1. The van der Waals surface area contributed by atoms with Gasteiger partial charge in [0.25, 0.3) is 5.91 Å². The van der Waals surface area contributed by atoms with Crippen molar-refractivity contribution in [2.24, 2.45) is 0 Å². The summed E-state index contributed by atoms with van der Waals surface area (Å²) in [7, 11) is 0. The molecule has 1 N–H and O–H groups in total. The van der Waals surface area contributed by atoms with Crippen molar-refractivity contribution in [1.82, 2.24) is 10.2 Å². The second-order valence-electron chi connectivity index (χ2n) is 4.80. The number of thioether (sulfide) groups is 1. The average Bonchev–Trinajstić information content (AvgIpc) is 3.02. The molecule has 7 heteroatoms. The van der Waals surface area contributed by atoms with Crippen LogP contribution in [0.3, 0.4) is 0 Å². The molecule has 0 aliphatic heterocycles. The van der Waals surface area contributed by atoms with Gasteiger partial charge in [0.15, 0.2) is 10.4 Å². The molecule has 0 spiro atoms. The third kappa shape index (κ3) is 3.62. The highest BCUT2D eigenvalue weighted by Gasteiger charge is 2.17. The van der Waals surface area contributed by atoms with E-state index in [1.54, 1.807) is 6.92 Å². The van der Waals surface area contributed by atoms with E-state index in [-0.39, 0.29) is 5.91 Å². The summed E-state index contributed by atoms with van der Waals surface area (Å²) in [6, 6.07) is 13.7. The van der Waals surface area contributed by atoms with Gasteiger partial charge >= 0.3 is 0 Å². The number of amides is 1. The van der Waals surface area contributed by atoms with E-state index in [1.807, 2.05) is 48.7 Å². The van der Waals surface area contributed by atoms with Gasteiger partial charge in [-0.3, -0.25) is 10.1 Å². The number of ether oxygens (including phenoxy) is 1. The molecule has 1 heterocycles. The maximum atomic E-state index is 12.2. The highest BCUT2D eigenvalue weighted by atomic mass is 32.2. The first kappa shape index (κ1) is 15.8. The summed E-state index contributed by atoms with van der Waals surface area (Å²) in [5.41, 5.74) is 0. The molecular weight excluding hydrogens is 330 g/mol. The second-order valence-corrected chi connectivity index (χ2v) is 6.83. The monoisotopic (exact) mass is 345 g/mol. The van der Waals surface area contributed by atoms with Crippen molar-refractivity contribution in [3.05, 3.63) is 42.5 Å². The number of nitrogens with zero attached hydrogens (tertiary/aromatic N) is 2. The van der Waals surface area contributed by atoms with Crippen molar-refractivity contribution in [2.45, 2.75) is 17.4 Å². The fraction of sp³-hybridized carbons (Fsp3) is 0.188. The molecule has 0 unspecified atom stereocenters. The van der Waals surface area contributed by atoms with Crippen LogP contribution in [-0.2, 0) is 4.79 Å². The van der Waals surface area contributed by atoms with Crippen LogP contribution in [0.4, 0.5) is 5.13 Å². The van der Waals surface area contributed by atoms with Gasteiger partial charge in [0.05, 0.1) is 0 Å². The lowest BCUT2D eigenvalue weighted by atomic mass is 10.1. The van der Waals surface area contributed by atoms with Crippen LogP contribution in [0.25, 0.3) is 10.8 Å². The minimum atomic E-state index is -0.637. The van der Waals surface area contributed by atoms with Gasteiger partial charge in [-0.15, -0.1) is 10.2 Å². The summed E-state index contributed by atoms with van der Waals surface area (Å²) in [4.78, 5) is 12.2. The van der Waals surface area contributed by atoms with Crippen molar-refractivity contribution in [3.63, 3.8) is 0 Å². The molecule has 2 aromatic carbocycles. The fourth-order valence-electron chi connectivity index (χ4n) is 2.09. The molecule has 1 atom stereocenters. The highest BCUT2D eigenvalue weighted by molar-refractivity contribution is 8.00. The topological polar surface area (TPSA) is 64.1 Å². The molecule has 0 aliphatic rings. The second kappa shape index (κ2) is 6.97. The lowest BCUT2D eigenvalue weighted by Gasteiger charge is -2.15. The average molecular weight is 345 g/mol. The molecule has 0 fully saturated rings. The zero-order valence-electron chi connectivity index (χ0n) is 12.6. The van der Waals surface area contributed by atoms with E-state index in [0.29, 0.717) is 10.9 Å². The Balaban J connectivity index is 1.72. The summed E-state index contributed by atoms with van der Waals surface area (Å²) in [5, 5.41) is 13.1. The SMILES string of the molecule is CSc1nnc(NC(=O)[C@@H](C)Oc2cccc3ccccc23)s1. The fourth-order valence-corrected chi connectivity index (χ4v) is 3.27. The number of rotatable bonds is 5. The smallest absolute Gasteiger partial charge is 0.266 e. The molecule has 0 aliphatic carbocycles. The van der Waals surface area contributed by atoms with E-state index in [9.17, 15) is 4.79 Å². The minimum Gasteiger partial charge on any atom is -0.480 e. The number of carbonyl (C=O) groups is 1. The van der Waals surface area contributed by atoms with Gasteiger partial charge in [-0.05, 0) is 24.6 Å². The van der Waals surface area contributed by atoms with Crippen LogP contribution in [0.2, 0.25) is 0 Å². The first-order chi connectivity index (χ1) is 11.2. The minimum absolute atomic E-state index is 0.248. The summed E-state index contributed by atoms with van der Waals surface area (Å²) in [6.45, 7) is 1.72. The largest absolute Gasteiger partial charge is 0.480 e. The molecule has 23 heavy (non-hydrogen) atoms. The number of hydrogen-bond donors (Lipinski definition) is 1. The zero-order valence-corrected chi connectivity index (χ0v) is 14.3. The van der Waals surface area contributed by atoms with Crippen LogP contribution in [0.15, 0.2) is 46.8 Å². The molecule has 5 nitrogen and oxygen atoms in total. The molecule has 3 rings (SSSR count). The molecule has 0 saturated carbocycles. The molecule has 0 radical (unpaired) electrons. The maximum absolute atomic E-state index is 12.2. The van der Waals surface area contributed by atoms with Crippen molar-refractivity contribution in [1.29, 1.82) is 0 Å². The Labute approximate surface area is 142 Å². The summed E-state index contributed by atoms with van der Waals surface area (Å²) < 4.78 is 6.64. The van der Waals surface area contributed by atoms with E-state index >= 15 is 0 Å². The first-order valence-corrected chi connectivity index (χ1v) is 9.04. The number of benzene rings is 2. The van der Waals surface area contributed by atoms with Crippen molar-refractivity contribution in [3.8, 4) is 5.75 Å². The predicted molar refractivity (Wildman–Crippen MR) is 94.4 cm³/mol. The normalized spacial score (nSPS) is 12.1. The van der Waals surface area contributed by atoms with Gasteiger partial charge in [0, 0.05) is 5.39 Å². The number of aromatic nitrogens is 2. The van der Waals surface area contributed by atoms with Crippen LogP contribution in [0.1, 0.15) is 6.92 Å². The van der Waals surface area contributed by atoms with E-state index in [1.165, 1.54) is 23.1 Å². The van der Waals surface area contributed by atoms with Gasteiger partial charge in [-0.1, -0.05) is 59.5 Å². The van der Waals surface area contributed by atoms with Gasteiger partial charge in [0.1, 0.15) is 5.75 Å². The van der Waals surface area contributed by atoms with E-state index < -0.39 is 6.10 Å². The van der Waals surface area contributed by atoms with Gasteiger partial charge < -0.3 is 4.74 Å². The summed E-state index contributed by atoms with van der Waals surface area (Å²) in [5.74, 6) is 0.439. The van der Waals surface area contributed by atoms with Gasteiger partial charge in [-0.2, -0.15) is 0 Å². The third-order valence-corrected chi connectivity index (χ3v) is 5.05. The summed E-state index contributed by atoms with van der Waals surface area (Å²) >= 11 is 2.83. The van der Waals surface area contributed by atoms with Crippen molar-refractivity contribution in [2.75, 3.05) is 11.6 Å². The van der Waals surface area contributed by atoms with Crippen LogP contribution in [0, 0.1) is 0 Å². The quantitative estimate of drug-likeness (QED) is 0.562.